The third-order valence-electron chi connectivity index (χ3n) is 6.35. The number of benzene rings is 1. The highest BCUT2D eigenvalue weighted by molar-refractivity contribution is 6.22. The number of Topliss-reactive ketones (excluding diaryl/α,β-unsaturated/α-hetero) is 3. The smallest absolute Gasteiger partial charge is 0.196 e. The number of aromatic hydroxyl groups is 1. The van der Waals surface area contributed by atoms with Crippen molar-refractivity contribution < 1.29 is 29.7 Å². The number of aryl methyl sites for hydroxylation is 1. The van der Waals surface area contributed by atoms with Crippen LogP contribution in [0.25, 0.3) is 0 Å². The van der Waals surface area contributed by atoms with Gasteiger partial charge in [-0.1, -0.05) is 13.0 Å². The fourth-order valence-electron chi connectivity index (χ4n) is 5.15. The molecule has 6 heteroatoms. The molecule has 4 rings (SSSR count). The predicted molar refractivity (Wildman–Crippen MR) is 100 cm³/mol. The van der Waals surface area contributed by atoms with Gasteiger partial charge in [-0.3, -0.25) is 14.4 Å². The third kappa shape index (κ3) is 2.44. The Kier molecular flexibility index (Phi) is 4.17. The molecule has 0 radical (unpaired) electrons. The molecule has 3 unspecified atom stereocenters. The molecule has 3 aliphatic carbocycles. The second kappa shape index (κ2) is 6.33. The summed E-state index contributed by atoms with van der Waals surface area (Å²) >= 11 is 0. The predicted octanol–water partition coefficient (Wildman–Crippen LogP) is 3.13. The molecule has 146 valence electrons. The second-order valence-electron chi connectivity index (χ2n) is 7.90. The van der Waals surface area contributed by atoms with E-state index in [0.717, 1.165) is 11.1 Å². The van der Waals surface area contributed by atoms with Gasteiger partial charge in [-0.05, 0) is 55.2 Å². The number of phenols is 1. The zero-order valence-electron chi connectivity index (χ0n) is 15.8. The van der Waals surface area contributed by atoms with Crippen molar-refractivity contribution >= 4 is 17.3 Å². The van der Waals surface area contributed by atoms with E-state index in [9.17, 15) is 29.7 Å². The van der Waals surface area contributed by atoms with Gasteiger partial charge in [0.05, 0.1) is 17.1 Å². The highest BCUT2D eigenvalue weighted by Gasteiger charge is 2.50. The molecule has 1 aromatic rings. The minimum atomic E-state index is -0.997. The minimum absolute atomic E-state index is 0.126. The van der Waals surface area contributed by atoms with Gasteiger partial charge in [-0.2, -0.15) is 0 Å². The van der Waals surface area contributed by atoms with Crippen LogP contribution in [0.4, 0.5) is 0 Å². The van der Waals surface area contributed by atoms with Crippen LogP contribution in [-0.4, -0.2) is 32.7 Å². The number of phenolic OH excluding ortho intramolecular Hbond substituents is 1. The van der Waals surface area contributed by atoms with Gasteiger partial charge in [0.1, 0.15) is 17.3 Å². The van der Waals surface area contributed by atoms with Crippen LogP contribution in [-0.2, 0) is 22.4 Å². The van der Waals surface area contributed by atoms with Gasteiger partial charge in [0.15, 0.2) is 17.3 Å². The van der Waals surface area contributed by atoms with E-state index in [2.05, 4.69) is 0 Å². The number of aliphatic hydroxyl groups is 2. The molecule has 0 fully saturated rings. The average molecular weight is 382 g/mol. The number of carbonyl (C=O) groups is 3. The molecule has 0 saturated heterocycles. The van der Waals surface area contributed by atoms with Gasteiger partial charge in [-0.15, -0.1) is 0 Å². The summed E-state index contributed by atoms with van der Waals surface area (Å²) in [5, 5.41) is 31.4. The second-order valence-corrected chi connectivity index (χ2v) is 7.90. The first-order valence-electron chi connectivity index (χ1n) is 9.54. The van der Waals surface area contributed by atoms with Crippen molar-refractivity contribution in [3.8, 4) is 5.75 Å². The molecular formula is C22H22O6. The number of allylic oxidation sites excluding steroid dienone is 4. The van der Waals surface area contributed by atoms with Crippen LogP contribution in [0.1, 0.15) is 48.2 Å². The summed E-state index contributed by atoms with van der Waals surface area (Å²) in [5.41, 5.74) is 1.84. The normalized spacial score (nSPS) is 26.7. The van der Waals surface area contributed by atoms with E-state index < -0.39 is 23.3 Å². The standard InChI is InChI=1S/C22H22O6/c1-3-10-4-5-14(24)19-13(10)7-11-6-12-8-15(25)16(9(2)23)20(26)18(12)21(27)17(11)22(19)28/h4-5,11-12,18,24-25,27H,3,6-8H2,1-2H3. The van der Waals surface area contributed by atoms with Crippen LogP contribution in [0, 0.1) is 17.8 Å². The van der Waals surface area contributed by atoms with E-state index in [0.29, 0.717) is 19.3 Å². The maximum atomic E-state index is 13.2. The summed E-state index contributed by atoms with van der Waals surface area (Å²) in [5.74, 6) is -3.95. The molecule has 1 aromatic carbocycles. The molecule has 3 aliphatic rings. The molecule has 6 nitrogen and oxygen atoms in total. The van der Waals surface area contributed by atoms with Crippen LogP contribution >= 0.6 is 0 Å². The summed E-state index contributed by atoms with van der Waals surface area (Å²) in [6.45, 7) is 3.18. The molecule has 0 heterocycles. The summed E-state index contributed by atoms with van der Waals surface area (Å²) in [7, 11) is 0. The third-order valence-corrected chi connectivity index (χ3v) is 6.35. The lowest BCUT2D eigenvalue weighted by Crippen LogP contribution is -2.42. The van der Waals surface area contributed by atoms with Crippen LogP contribution < -0.4 is 0 Å². The van der Waals surface area contributed by atoms with Crippen molar-refractivity contribution in [3.05, 3.63) is 51.5 Å². The van der Waals surface area contributed by atoms with Gasteiger partial charge >= 0.3 is 0 Å². The molecule has 0 spiro atoms. The molecule has 0 aliphatic heterocycles. The minimum Gasteiger partial charge on any atom is -0.511 e. The Balaban J connectivity index is 1.86. The maximum absolute atomic E-state index is 13.2. The Morgan fingerprint density at radius 2 is 1.86 bits per heavy atom. The fourth-order valence-corrected chi connectivity index (χ4v) is 5.15. The fraction of sp³-hybridized carbons (Fsp3) is 0.409. The lowest BCUT2D eigenvalue weighted by atomic mass is 9.62. The summed E-state index contributed by atoms with van der Waals surface area (Å²) in [4.78, 5) is 37.8. The number of hydrogen-bond donors (Lipinski definition) is 3. The molecule has 0 bridgehead atoms. The largest absolute Gasteiger partial charge is 0.511 e. The van der Waals surface area contributed by atoms with Gasteiger partial charge < -0.3 is 15.3 Å². The number of carbonyl (C=O) groups excluding carboxylic acids is 3. The van der Waals surface area contributed by atoms with E-state index in [-0.39, 0.29) is 52.2 Å². The molecule has 3 atom stereocenters. The lowest BCUT2D eigenvalue weighted by Gasteiger charge is -2.41. The first-order valence-corrected chi connectivity index (χ1v) is 9.54. The van der Waals surface area contributed by atoms with Gasteiger partial charge in [0.25, 0.3) is 0 Å². The molecule has 0 aromatic heterocycles. The van der Waals surface area contributed by atoms with Crippen molar-refractivity contribution in [3.63, 3.8) is 0 Å². The molecule has 0 amide bonds. The zero-order valence-corrected chi connectivity index (χ0v) is 15.8. The number of rotatable bonds is 2. The van der Waals surface area contributed by atoms with E-state index in [1.807, 2.05) is 6.92 Å². The SMILES string of the molecule is CCc1ccc(O)c2c1CC1CC3CC(O)=C(C(C)=O)C(=O)C3C(O)=C1C2=O. The van der Waals surface area contributed by atoms with Gasteiger partial charge in [0.2, 0.25) is 0 Å². The topological polar surface area (TPSA) is 112 Å². The highest BCUT2D eigenvalue weighted by Crippen LogP contribution is 2.49. The Morgan fingerprint density at radius 3 is 2.50 bits per heavy atom. The quantitative estimate of drug-likeness (QED) is 0.678. The van der Waals surface area contributed by atoms with Crippen molar-refractivity contribution in [2.24, 2.45) is 17.8 Å². The van der Waals surface area contributed by atoms with Gasteiger partial charge in [0, 0.05) is 12.0 Å². The molecule has 3 N–H and O–H groups in total. The summed E-state index contributed by atoms with van der Waals surface area (Å²) in [6.07, 6.45) is 1.78. The Labute approximate surface area is 162 Å². The zero-order chi connectivity index (χ0) is 20.3. The van der Waals surface area contributed by atoms with Crippen LogP contribution in [0.5, 0.6) is 5.75 Å². The van der Waals surface area contributed by atoms with Crippen molar-refractivity contribution in [1.82, 2.24) is 0 Å². The van der Waals surface area contributed by atoms with Crippen LogP contribution in [0.3, 0.4) is 0 Å². The molecule has 28 heavy (non-hydrogen) atoms. The van der Waals surface area contributed by atoms with Crippen LogP contribution in [0.15, 0.2) is 34.8 Å². The molecular weight excluding hydrogens is 360 g/mol. The first kappa shape index (κ1) is 18.5. The van der Waals surface area contributed by atoms with E-state index in [1.54, 1.807) is 6.07 Å². The number of hydrogen-bond acceptors (Lipinski definition) is 6. The maximum Gasteiger partial charge on any atom is 0.196 e. The Hall–Kier alpha value is -2.89. The Morgan fingerprint density at radius 1 is 1.14 bits per heavy atom. The van der Waals surface area contributed by atoms with Crippen molar-refractivity contribution in [1.29, 1.82) is 0 Å². The summed E-state index contributed by atoms with van der Waals surface area (Å²) < 4.78 is 0. The average Bonchev–Trinajstić information content (AvgIpc) is 2.60. The first-order chi connectivity index (χ1) is 13.3. The molecule has 0 saturated carbocycles. The van der Waals surface area contributed by atoms with E-state index >= 15 is 0 Å². The van der Waals surface area contributed by atoms with Gasteiger partial charge in [-0.25, -0.2) is 0 Å². The Bertz CT molecular complexity index is 997. The van der Waals surface area contributed by atoms with Crippen LogP contribution in [0.2, 0.25) is 0 Å². The monoisotopic (exact) mass is 382 g/mol. The number of aliphatic hydroxyl groups excluding tert-OH is 2. The highest BCUT2D eigenvalue weighted by atomic mass is 16.3. The van der Waals surface area contributed by atoms with E-state index in [4.69, 9.17) is 0 Å². The lowest BCUT2D eigenvalue weighted by molar-refractivity contribution is -0.125. The van der Waals surface area contributed by atoms with E-state index in [1.165, 1.54) is 13.0 Å². The number of ketones is 3. The van der Waals surface area contributed by atoms with Crippen molar-refractivity contribution in [2.75, 3.05) is 0 Å². The van der Waals surface area contributed by atoms with Crippen molar-refractivity contribution in [2.45, 2.75) is 39.5 Å². The number of fused-ring (bicyclic) bond motifs is 3. The summed E-state index contributed by atoms with van der Waals surface area (Å²) in [6, 6.07) is 3.29.